The van der Waals surface area contributed by atoms with E-state index in [2.05, 4.69) is 32.7 Å². The van der Waals surface area contributed by atoms with Gasteiger partial charge in [-0.05, 0) is 32.4 Å². The van der Waals surface area contributed by atoms with Gasteiger partial charge >= 0.3 is 0 Å². The minimum Gasteiger partial charge on any atom is -0.305 e. The number of halogens is 1. The minimum absolute atomic E-state index is 0.259. The van der Waals surface area contributed by atoms with E-state index in [1.807, 2.05) is 6.92 Å². The van der Waals surface area contributed by atoms with Gasteiger partial charge in [0.05, 0.1) is 0 Å². The maximum absolute atomic E-state index is 5.88. The molecule has 0 fully saturated rings. The van der Waals surface area contributed by atoms with Gasteiger partial charge in [0.15, 0.2) is 0 Å². The van der Waals surface area contributed by atoms with E-state index in [0.717, 1.165) is 13.1 Å². The second kappa shape index (κ2) is 5.08. The van der Waals surface area contributed by atoms with Crippen LogP contribution in [0.15, 0.2) is 0 Å². The van der Waals surface area contributed by atoms with Gasteiger partial charge < -0.3 is 4.90 Å². The highest BCUT2D eigenvalue weighted by molar-refractivity contribution is 6.20. The van der Waals surface area contributed by atoms with Crippen LogP contribution in [0.4, 0.5) is 0 Å². The Bertz CT molecular complexity index is 115. The molecule has 0 aromatic rings. The lowest BCUT2D eigenvalue weighted by atomic mass is 9.92. The zero-order chi connectivity index (χ0) is 9.78. The third kappa shape index (κ3) is 8.35. The number of rotatable bonds is 4. The van der Waals surface area contributed by atoms with Crippen LogP contribution in [0, 0.1) is 5.41 Å². The summed E-state index contributed by atoms with van der Waals surface area (Å²) in [6.45, 7) is 11.0. The summed E-state index contributed by atoms with van der Waals surface area (Å²) in [4.78, 5) is 2.29. The second-order valence-corrected chi connectivity index (χ2v) is 5.60. The fraction of sp³-hybridized carbons (Fsp3) is 1.00. The topological polar surface area (TPSA) is 3.24 Å². The van der Waals surface area contributed by atoms with Crippen LogP contribution >= 0.6 is 11.6 Å². The van der Waals surface area contributed by atoms with Crippen molar-refractivity contribution in [3.63, 3.8) is 0 Å². The number of hydrogen-bond donors (Lipinski definition) is 0. The highest BCUT2D eigenvalue weighted by atomic mass is 35.5. The lowest BCUT2D eigenvalue weighted by molar-refractivity contribution is 0.266. The maximum atomic E-state index is 5.88. The van der Waals surface area contributed by atoms with E-state index in [1.54, 1.807) is 0 Å². The van der Waals surface area contributed by atoms with E-state index >= 15 is 0 Å². The summed E-state index contributed by atoms with van der Waals surface area (Å²) in [5.41, 5.74) is 0.434. The summed E-state index contributed by atoms with van der Waals surface area (Å²) in [6, 6.07) is 0. The molecule has 74 valence electrons. The standard InChI is InChI=1S/C10H22ClN/c1-9(11)8-12(5)7-6-10(2,3)4/h9H,6-8H2,1-5H3. The predicted molar refractivity (Wildman–Crippen MR) is 56.9 cm³/mol. The third-order valence-electron chi connectivity index (χ3n) is 1.81. The van der Waals surface area contributed by atoms with Crippen LogP contribution in [-0.4, -0.2) is 30.4 Å². The van der Waals surface area contributed by atoms with Crippen molar-refractivity contribution in [1.82, 2.24) is 4.90 Å². The van der Waals surface area contributed by atoms with E-state index in [0.29, 0.717) is 5.41 Å². The molecule has 0 rings (SSSR count). The van der Waals surface area contributed by atoms with Gasteiger partial charge in [-0.2, -0.15) is 0 Å². The fourth-order valence-electron chi connectivity index (χ4n) is 1.05. The van der Waals surface area contributed by atoms with Gasteiger partial charge in [0.2, 0.25) is 0 Å². The molecule has 0 N–H and O–H groups in total. The Hall–Kier alpha value is 0.250. The van der Waals surface area contributed by atoms with Gasteiger partial charge in [0.1, 0.15) is 0 Å². The Morgan fingerprint density at radius 3 is 2.17 bits per heavy atom. The van der Waals surface area contributed by atoms with Crippen LogP contribution in [0.25, 0.3) is 0 Å². The van der Waals surface area contributed by atoms with Crippen molar-refractivity contribution in [2.24, 2.45) is 5.41 Å². The molecule has 1 unspecified atom stereocenters. The predicted octanol–water partition coefficient (Wildman–Crippen LogP) is 2.98. The summed E-state index contributed by atoms with van der Waals surface area (Å²) in [5, 5.41) is 0.259. The average molecular weight is 192 g/mol. The Kier molecular flexibility index (Phi) is 5.19. The Labute approximate surface area is 82.1 Å². The van der Waals surface area contributed by atoms with Gasteiger partial charge in [-0.15, -0.1) is 11.6 Å². The quantitative estimate of drug-likeness (QED) is 0.618. The van der Waals surface area contributed by atoms with Crippen LogP contribution < -0.4 is 0 Å². The van der Waals surface area contributed by atoms with E-state index in [1.165, 1.54) is 6.42 Å². The van der Waals surface area contributed by atoms with Gasteiger partial charge in [0.25, 0.3) is 0 Å². The summed E-state index contributed by atoms with van der Waals surface area (Å²) >= 11 is 5.88. The van der Waals surface area contributed by atoms with Gasteiger partial charge in [-0.3, -0.25) is 0 Å². The van der Waals surface area contributed by atoms with Crippen LogP contribution in [0.5, 0.6) is 0 Å². The smallest absolute Gasteiger partial charge is 0.0434 e. The Balaban J connectivity index is 3.51. The first-order valence-corrected chi connectivity index (χ1v) is 5.07. The highest BCUT2D eigenvalue weighted by Gasteiger charge is 2.11. The zero-order valence-corrected chi connectivity index (χ0v) is 9.78. The molecule has 0 aromatic heterocycles. The van der Waals surface area contributed by atoms with Gasteiger partial charge in [-0.25, -0.2) is 0 Å². The molecule has 0 aliphatic carbocycles. The monoisotopic (exact) mass is 191 g/mol. The molecule has 1 atom stereocenters. The second-order valence-electron chi connectivity index (χ2n) is 4.85. The fourth-order valence-corrected chi connectivity index (χ4v) is 1.28. The van der Waals surface area contributed by atoms with Crippen molar-refractivity contribution < 1.29 is 0 Å². The van der Waals surface area contributed by atoms with Crippen molar-refractivity contribution in [1.29, 1.82) is 0 Å². The first kappa shape index (κ1) is 12.2. The maximum Gasteiger partial charge on any atom is 0.0434 e. The molecule has 12 heavy (non-hydrogen) atoms. The lowest BCUT2D eigenvalue weighted by Crippen LogP contribution is -2.28. The number of hydrogen-bond acceptors (Lipinski definition) is 1. The molecule has 2 heteroatoms. The summed E-state index contributed by atoms with van der Waals surface area (Å²) in [7, 11) is 2.13. The molecule has 0 radical (unpaired) electrons. The Morgan fingerprint density at radius 2 is 1.83 bits per heavy atom. The molecule has 0 saturated carbocycles. The molecule has 0 saturated heterocycles. The molecule has 0 aliphatic heterocycles. The largest absolute Gasteiger partial charge is 0.305 e. The summed E-state index contributed by atoms with van der Waals surface area (Å²) < 4.78 is 0. The van der Waals surface area contributed by atoms with E-state index in [-0.39, 0.29) is 5.38 Å². The summed E-state index contributed by atoms with van der Waals surface area (Å²) in [5.74, 6) is 0. The van der Waals surface area contributed by atoms with E-state index < -0.39 is 0 Å². The van der Waals surface area contributed by atoms with Gasteiger partial charge in [-0.1, -0.05) is 20.8 Å². The van der Waals surface area contributed by atoms with Crippen molar-refractivity contribution >= 4 is 11.6 Å². The zero-order valence-electron chi connectivity index (χ0n) is 9.02. The minimum atomic E-state index is 0.259. The third-order valence-corrected chi connectivity index (χ3v) is 1.94. The van der Waals surface area contributed by atoms with E-state index in [4.69, 9.17) is 11.6 Å². The molecular weight excluding hydrogens is 170 g/mol. The highest BCUT2D eigenvalue weighted by Crippen LogP contribution is 2.18. The van der Waals surface area contributed by atoms with Crippen LogP contribution in [0.1, 0.15) is 34.1 Å². The average Bonchev–Trinajstić information content (AvgIpc) is 1.80. The van der Waals surface area contributed by atoms with Crippen molar-refractivity contribution in [3.05, 3.63) is 0 Å². The van der Waals surface area contributed by atoms with E-state index in [9.17, 15) is 0 Å². The molecule has 0 heterocycles. The Morgan fingerprint density at radius 1 is 1.33 bits per heavy atom. The first-order valence-electron chi connectivity index (χ1n) is 4.64. The molecule has 0 bridgehead atoms. The number of nitrogens with zero attached hydrogens (tertiary/aromatic N) is 1. The van der Waals surface area contributed by atoms with Gasteiger partial charge in [0, 0.05) is 11.9 Å². The molecule has 1 nitrogen and oxygen atoms in total. The summed E-state index contributed by atoms with van der Waals surface area (Å²) in [6.07, 6.45) is 1.23. The van der Waals surface area contributed by atoms with Crippen molar-refractivity contribution in [2.45, 2.75) is 39.5 Å². The molecule has 0 spiro atoms. The van der Waals surface area contributed by atoms with Crippen molar-refractivity contribution in [2.75, 3.05) is 20.1 Å². The van der Waals surface area contributed by atoms with Crippen LogP contribution in [0.2, 0.25) is 0 Å². The molecule has 0 aromatic carbocycles. The molecule has 0 aliphatic rings. The number of alkyl halides is 1. The molecule has 0 amide bonds. The molecular formula is C10H22ClN. The van der Waals surface area contributed by atoms with Crippen LogP contribution in [-0.2, 0) is 0 Å². The normalized spacial score (nSPS) is 15.2. The first-order chi connectivity index (χ1) is 5.31. The van der Waals surface area contributed by atoms with Crippen LogP contribution in [0.3, 0.4) is 0 Å². The lowest BCUT2D eigenvalue weighted by Gasteiger charge is -2.24. The van der Waals surface area contributed by atoms with Crippen molar-refractivity contribution in [3.8, 4) is 0 Å². The SMILES string of the molecule is CC(Cl)CN(C)CCC(C)(C)C.